The van der Waals surface area contributed by atoms with Crippen molar-refractivity contribution in [1.82, 2.24) is 0 Å². The van der Waals surface area contributed by atoms with Gasteiger partial charge in [-0.15, -0.1) is 0 Å². The first-order chi connectivity index (χ1) is 7.09. The number of nitrogens with zero attached hydrogens (tertiary/aromatic N) is 1. The second-order valence-electron chi connectivity index (χ2n) is 4.29. The van der Waals surface area contributed by atoms with Crippen molar-refractivity contribution in [2.45, 2.75) is 26.3 Å². The molecular weight excluding hydrogens is 252 g/mol. The molecule has 15 heavy (non-hydrogen) atoms. The molecule has 1 unspecified atom stereocenters. The predicted molar refractivity (Wildman–Crippen MR) is 69.9 cm³/mol. The van der Waals surface area contributed by atoms with Crippen molar-refractivity contribution in [2.75, 3.05) is 23.8 Å². The summed E-state index contributed by atoms with van der Waals surface area (Å²) in [5.74, 6) is 0. The number of nitrogens with one attached hydrogen (secondary N) is 1. The Morgan fingerprint density at radius 3 is 2.93 bits per heavy atom. The third-order valence-corrected chi connectivity index (χ3v) is 3.64. The maximum Gasteiger partial charge on any atom is 0.0615 e. The lowest BCUT2D eigenvalue weighted by Gasteiger charge is -2.26. The van der Waals surface area contributed by atoms with E-state index in [1.165, 1.54) is 23.4 Å². The Labute approximate surface area is 99.8 Å². The van der Waals surface area contributed by atoms with Crippen LogP contribution < -0.4 is 10.2 Å². The van der Waals surface area contributed by atoms with E-state index in [1.807, 2.05) is 0 Å². The van der Waals surface area contributed by atoms with E-state index in [0.717, 1.165) is 11.0 Å². The zero-order chi connectivity index (χ0) is 11.0. The SMILES string of the molecule is Cc1cc(Br)cc2c1NCCC(C)N2C. The third kappa shape index (κ3) is 1.98. The largest absolute Gasteiger partial charge is 0.383 e. The Bertz CT molecular complexity index is 376. The number of aryl methyl sites for hydroxylation is 1. The van der Waals surface area contributed by atoms with E-state index in [-0.39, 0.29) is 0 Å². The van der Waals surface area contributed by atoms with Crippen LogP contribution in [0.4, 0.5) is 11.4 Å². The Balaban J connectivity index is 2.53. The molecule has 1 heterocycles. The van der Waals surface area contributed by atoms with Crippen molar-refractivity contribution >= 4 is 27.3 Å². The van der Waals surface area contributed by atoms with E-state index in [1.54, 1.807) is 0 Å². The smallest absolute Gasteiger partial charge is 0.0615 e. The monoisotopic (exact) mass is 268 g/mol. The minimum atomic E-state index is 0.590. The quantitative estimate of drug-likeness (QED) is 0.776. The molecule has 2 rings (SSSR count). The van der Waals surface area contributed by atoms with Crippen LogP contribution in [0, 0.1) is 6.92 Å². The first kappa shape index (κ1) is 10.8. The highest BCUT2D eigenvalue weighted by atomic mass is 79.9. The van der Waals surface area contributed by atoms with Gasteiger partial charge in [0.15, 0.2) is 0 Å². The number of halogens is 1. The van der Waals surface area contributed by atoms with E-state index < -0.39 is 0 Å². The molecule has 0 amide bonds. The highest BCUT2D eigenvalue weighted by molar-refractivity contribution is 9.10. The molecule has 0 fully saturated rings. The second kappa shape index (κ2) is 4.05. The standard InChI is InChI=1S/C12H17BrN2/c1-8-6-10(13)7-11-12(8)14-5-4-9(2)15(11)3/h6-7,9,14H,4-5H2,1-3H3. The van der Waals surface area contributed by atoms with Crippen molar-refractivity contribution < 1.29 is 0 Å². The Morgan fingerprint density at radius 1 is 1.47 bits per heavy atom. The molecule has 1 atom stereocenters. The molecule has 1 aromatic rings. The minimum absolute atomic E-state index is 0.590. The van der Waals surface area contributed by atoms with Crippen LogP contribution in [0.3, 0.4) is 0 Å². The van der Waals surface area contributed by atoms with Crippen molar-refractivity contribution in [3.8, 4) is 0 Å². The van der Waals surface area contributed by atoms with Crippen molar-refractivity contribution in [3.63, 3.8) is 0 Å². The Kier molecular flexibility index (Phi) is 2.91. The van der Waals surface area contributed by atoms with E-state index in [9.17, 15) is 0 Å². The molecule has 0 aliphatic carbocycles. The summed E-state index contributed by atoms with van der Waals surface area (Å²) in [5, 5.41) is 3.52. The highest BCUT2D eigenvalue weighted by Gasteiger charge is 2.19. The number of rotatable bonds is 0. The summed E-state index contributed by atoms with van der Waals surface area (Å²) in [4.78, 5) is 2.35. The average Bonchev–Trinajstić information content (AvgIpc) is 2.30. The second-order valence-corrected chi connectivity index (χ2v) is 5.21. The van der Waals surface area contributed by atoms with Gasteiger partial charge in [-0.3, -0.25) is 0 Å². The van der Waals surface area contributed by atoms with Crippen LogP contribution in [0.15, 0.2) is 16.6 Å². The molecule has 1 N–H and O–H groups in total. The van der Waals surface area contributed by atoms with Gasteiger partial charge in [0.05, 0.1) is 11.4 Å². The van der Waals surface area contributed by atoms with Crippen molar-refractivity contribution in [3.05, 3.63) is 22.2 Å². The fraction of sp³-hybridized carbons (Fsp3) is 0.500. The molecule has 1 aliphatic heterocycles. The van der Waals surface area contributed by atoms with Gasteiger partial charge in [-0.1, -0.05) is 15.9 Å². The van der Waals surface area contributed by atoms with E-state index >= 15 is 0 Å². The number of benzene rings is 1. The molecule has 0 aromatic heterocycles. The lowest BCUT2D eigenvalue weighted by molar-refractivity contribution is 0.657. The van der Waals surface area contributed by atoms with Crippen LogP contribution in [-0.2, 0) is 0 Å². The van der Waals surface area contributed by atoms with E-state index in [4.69, 9.17) is 0 Å². The molecular formula is C12H17BrN2. The summed E-state index contributed by atoms with van der Waals surface area (Å²) in [6, 6.07) is 4.94. The van der Waals surface area contributed by atoms with Crippen LogP contribution in [0.1, 0.15) is 18.9 Å². The summed E-state index contributed by atoms with van der Waals surface area (Å²) in [6.45, 7) is 5.48. The fourth-order valence-corrected chi connectivity index (χ4v) is 2.63. The van der Waals surface area contributed by atoms with Crippen LogP contribution in [-0.4, -0.2) is 19.6 Å². The highest BCUT2D eigenvalue weighted by Crippen LogP contribution is 2.35. The van der Waals surface area contributed by atoms with Crippen molar-refractivity contribution in [2.24, 2.45) is 0 Å². The molecule has 1 aliphatic rings. The summed E-state index contributed by atoms with van der Waals surface area (Å²) < 4.78 is 1.15. The van der Waals surface area contributed by atoms with Crippen LogP contribution in [0.5, 0.6) is 0 Å². The molecule has 1 aromatic carbocycles. The molecule has 82 valence electrons. The van der Waals surface area contributed by atoms with Gasteiger partial charge in [-0.05, 0) is 38.0 Å². The lowest BCUT2D eigenvalue weighted by atomic mass is 10.1. The molecule has 3 heteroatoms. The van der Waals surface area contributed by atoms with Gasteiger partial charge < -0.3 is 10.2 Å². The first-order valence-electron chi connectivity index (χ1n) is 5.36. The lowest BCUT2D eigenvalue weighted by Crippen LogP contribution is -2.28. The van der Waals surface area contributed by atoms with Gasteiger partial charge in [0.1, 0.15) is 0 Å². The van der Waals surface area contributed by atoms with Gasteiger partial charge in [0.25, 0.3) is 0 Å². The third-order valence-electron chi connectivity index (χ3n) is 3.18. The Hall–Kier alpha value is -0.700. The summed E-state index contributed by atoms with van der Waals surface area (Å²) in [6.07, 6.45) is 1.18. The fourth-order valence-electron chi connectivity index (χ4n) is 2.07. The zero-order valence-electron chi connectivity index (χ0n) is 9.47. The summed E-state index contributed by atoms with van der Waals surface area (Å²) in [5.41, 5.74) is 3.89. The van der Waals surface area contributed by atoms with Gasteiger partial charge in [-0.25, -0.2) is 0 Å². The van der Waals surface area contributed by atoms with E-state index in [2.05, 4.69) is 59.2 Å². The Morgan fingerprint density at radius 2 is 2.20 bits per heavy atom. The maximum atomic E-state index is 3.56. The number of anilines is 2. The molecule has 0 saturated heterocycles. The molecule has 2 nitrogen and oxygen atoms in total. The van der Waals surface area contributed by atoms with Gasteiger partial charge in [0, 0.05) is 24.1 Å². The van der Waals surface area contributed by atoms with Crippen LogP contribution in [0.25, 0.3) is 0 Å². The van der Waals surface area contributed by atoms with Crippen LogP contribution >= 0.6 is 15.9 Å². The maximum absolute atomic E-state index is 3.56. The molecule has 0 radical (unpaired) electrons. The summed E-state index contributed by atoms with van der Waals surface area (Å²) >= 11 is 3.56. The topological polar surface area (TPSA) is 15.3 Å². The molecule has 0 spiro atoms. The normalized spacial score (nSPS) is 20.5. The zero-order valence-corrected chi connectivity index (χ0v) is 11.1. The van der Waals surface area contributed by atoms with E-state index in [0.29, 0.717) is 6.04 Å². The van der Waals surface area contributed by atoms with Crippen molar-refractivity contribution in [1.29, 1.82) is 0 Å². The van der Waals surface area contributed by atoms with Gasteiger partial charge in [-0.2, -0.15) is 0 Å². The van der Waals surface area contributed by atoms with Crippen LogP contribution in [0.2, 0.25) is 0 Å². The minimum Gasteiger partial charge on any atom is -0.383 e. The van der Waals surface area contributed by atoms with Gasteiger partial charge in [0.2, 0.25) is 0 Å². The van der Waals surface area contributed by atoms with Gasteiger partial charge >= 0.3 is 0 Å². The summed E-state index contributed by atoms with van der Waals surface area (Å²) in [7, 11) is 2.17. The number of hydrogen-bond acceptors (Lipinski definition) is 2. The number of fused-ring (bicyclic) bond motifs is 1. The first-order valence-corrected chi connectivity index (χ1v) is 6.15. The number of hydrogen-bond donors (Lipinski definition) is 1. The molecule has 0 saturated carbocycles. The average molecular weight is 269 g/mol. The molecule has 0 bridgehead atoms. The predicted octanol–water partition coefficient (Wildman–Crippen LogP) is 3.40.